The normalized spacial score (nSPS) is 12.6. The highest BCUT2D eigenvalue weighted by Crippen LogP contribution is 2.19. The van der Waals surface area contributed by atoms with Crippen LogP contribution in [-0.4, -0.2) is 25.1 Å². The van der Waals surface area contributed by atoms with Crippen molar-refractivity contribution in [1.82, 2.24) is 10.3 Å². The number of rotatable bonds is 6. The molecule has 0 saturated heterocycles. The van der Waals surface area contributed by atoms with Crippen molar-refractivity contribution in [3.05, 3.63) is 34.3 Å². The molecule has 0 radical (unpaired) electrons. The summed E-state index contributed by atoms with van der Waals surface area (Å²) < 4.78 is 5.50. The summed E-state index contributed by atoms with van der Waals surface area (Å²) in [6.07, 6.45) is 2.72. The quantitative estimate of drug-likeness (QED) is 0.871. The van der Waals surface area contributed by atoms with Crippen LogP contribution in [0, 0.1) is 0 Å². The second-order valence-corrected chi connectivity index (χ2v) is 5.43. The number of anilines is 1. The van der Waals surface area contributed by atoms with Gasteiger partial charge in [-0.2, -0.15) is 4.98 Å². The van der Waals surface area contributed by atoms with Gasteiger partial charge < -0.3 is 14.6 Å². The zero-order chi connectivity index (χ0) is 13.0. The maximum absolute atomic E-state index is 5.50. The predicted molar refractivity (Wildman–Crippen MR) is 75.2 cm³/mol. The van der Waals surface area contributed by atoms with E-state index in [1.807, 2.05) is 14.1 Å². The highest BCUT2D eigenvalue weighted by molar-refractivity contribution is 7.09. The first-order valence-electron chi connectivity index (χ1n) is 6.05. The third kappa shape index (κ3) is 3.11. The van der Waals surface area contributed by atoms with Crippen LogP contribution in [0.25, 0.3) is 0 Å². The second-order valence-electron chi connectivity index (χ2n) is 4.40. The van der Waals surface area contributed by atoms with E-state index >= 15 is 0 Å². The lowest BCUT2D eigenvalue weighted by molar-refractivity contribution is 0.519. The van der Waals surface area contributed by atoms with Crippen LogP contribution in [-0.2, 0) is 13.0 Å². The Hall–Kier alpha value is -1.33. The first kappa shape index (κ1) is 13.1. The molecule has 2 rings (SSSR count). The minimum atomic E-state index is 0.365. The summed E-state index contributed by atoms with van der Waals surface area (Å²) in [5, 5.41) is 5.17. The topological polar surface area (TPSA) is 41.3 Å². The van der Waals surface area contributed by atoms with Crippen molar-refractivity contribution in [1.29, 1.82) is 0 Å². The van der Waals surface area contributed by atoms with E-state index in [4.69, 9.17) is 4.42 Å². The lowest BCUT2D eigenvalue weighted by Gasteiger charge is -2.22. The van der Waals surface area contributed by atoms with Gasteiger partial charge in [0.15, 0.2) is 0 Å². The van der Waals surface area contributed by atoms with Gasteiger partial charge in [0.1, 0.15) is 6.26 Å². The number of aromatic nitrogens is 1. The Morgan fingerprint density at radius 3 is 3.06 bits per heavy atom. The Morgan fingerprint density at radius 1 is 1.56 bits per heavy atom. The maximum Gasteiger partial charge on any atom is 0.297 e. The van der Waals surface area contributed by atoms with Crippen LogP contribution in [0.4, 0.5) is 6.01 Å². The van der Waals surface area contributed by atoms with Crippen molar-refractivity contribution >= 4 is 17.4 Å². The van der Waals surface area contributed by atoms with Crippen LogP contribution >= 0.6 is 11.3 Å². The van der Waals surface area contributed by atoms with Crippen molar-refractivity contribution in [3.63, 3.8) is 0 Å². The van der Waals surface area contributed by atoms with Gasteiger partial charge in [-0.3, -0.25) is 0 Å². The van der Waals surface area contributed by atoms with E-state index < -0.39 is 0 Å². The summed E-state index contributed by atoms with van der Waals surface area (Å²) in [5.74, 6) is 0. The SMILES string of the molecule is CNCc1coc(N(C)C(C)Cc2cccs2)n1. The van der Waals surface area contributed by atoms with E-state index in [9.17, 15) is 0 Å². The molecule has 18 heavy (non-hydrogen) atoms. The lowest BCUT2D eigenvalue weighted by atomic mass is 10.2. The van der Waals surface area contributed by atoms with E-state index in [0.717, 1.165) is 18.7 Å². The first-order chi connectivity index (χ1) is 8.70. The molecule has 2 heterocycles. The van der Waals surface area contributed by atoms with Crippen molar-refractivity contribution < 1.29 is 4.42 Å². The molecule has 2 aromatic heterocycles. The summed E-state index contributed by atoms with van der Waals surface area (Å²) in [4.78, 5) is 7.92. The summed E-state index contributed by atoms with van der Waals surface area (Å²) in [7, 11) is 3.92. The number of oxazole rings is 1. The molecule has 0 amide bonds. The molecular weight excluding hydrogens is 246 g/mol. The molecule has 0 saturated carbocycles. The second kappa shape index (κ2) is 6.02. The zero-order valence-electron chi connectivity index (χ0n) is 11.0. The van der Waals surface area contributed by atoms with Gasteiger partial charge in [-0.05, 0) is 25.4 Å². The molecule has 1 atom stereocenters. The van der Waals surface area contributed by atoms with Crippen molar-refractivity contribution in [3.8, 4) is 0 Å². The molecule has 0 aliphatic carbocycles. The Kier molecular flexibility index (Phi) is 4.38. The summed E-state index contributed by atoms with van der Waals surface area (Å²) in [5.41, 5.74) is 0.933. The average Bonchev–Trinajstić information content (AvgIpc) is 3.00. The van der Waals surface area contributed by atoms with Gasteiger partial charge in [0.2, 0.25) is 0 Å². The van der Waals surface area contributed by atoms with Gasteiger partial charge >= 0.3 is 0 Å². The smallest absolute Gasteiger partial charge is 0.297 e. The fourth-order valence-electron chi connectivity index (χ4n) is 1.77. The van der Waals surface area contributed by atoms with Crippen LogP contribution in [0.1, 0.15) is 17.5 Å². The van der Waals surface area contributed by atoms with E-state index in [1.165, 1.54) is 4.88 Å². The summed E-state index contributed by atoms with van der Waals surface area (Å²) >= 11 is 1.79. The fraction of sp³-hybridized carbons (Fsp3) is 0.462. The standard InChI is InChI=1S/C13H19N3OS/c1-10(7-12-5-4-6-18-12)16(3)13-15-11(8-14-2)9-17-13/h4-6,9-10,14H,7-8H2,1-3H3. The van der Waals surface area contributed by atoms with Gasteiger partial charge in [0.25, 0.3) is 6.01 Å². The van der Waals surface area contributed by atoms with Crippen LogP contribution in [0.3, 0.4) is 0 Å². The number of nitrogens with one attached hydrogen (secondary N) is 1. The zero-order valence-corrected chi connectivity index (χ0v) is 11.8. The molecule has 0 aromatic carbocycles. The summed E-state index contributed by atoms with van der Waals surface area (Å²) in [6.45, 7) is 2.91. The molecule has 98 valence electrons. The number of hydrogen-bond donors (Lipinski definition) is 1. The number of thiophene rings is 1. The third-order valence-electron chi connectivity index (χ3n) is 2.94. The van der Waals surface area contributed by atoms with Gasteiger partial charge in [-0.15, -0.1) is 11.3 Å². The molecule has 0 aliphatic heterocycles. The molecule has 0 fully saturated rings. The van der Waals surface area contributed by atoms with Gasteiger partial charge in [-0.25, -0.2) is 0 Å². The lowest BCUT2D eigenvalue weighted by Crippen LogP contribution is -2.30. The predicted octanol–water partition coefficient (Wildman–Crippen LogP) is 2.52. The molecule has 0 bridgehead atoms. The van der Waals surface area contributed by atoms with Crippen LogP contribution < -0.4 is 10.2 Å². The molecule has 4 nitrogen and oxygen atoms in total. The van der Waals surface area contributed by atoms with E-state index in [2.05, 4.69) is 39.6 Å². The van der Waals surface area contributed by atoms with Crippen LogP contribution in [0.5, 0.6) is 0 Å². The van der Waals surface area contributed by atoms with Crippen LogP contribution in [0.15, 0.2) is 28.2 Å². The fourth-order valence-corrected chi connectivity index (χ4v) is 2.59. The average molecular weight is 265 g/mol. The minimum Gasteiger partial charge on any atom is -0.432 e. The minimum absolute atomic E-state index is 0.365. The largest absolute Gasteiger partial charge is 0.432 e. The Labute approximate surface area is 112 Å². The van der Waals surface area contributed by atoms with Gasteiger partial charge in [-0.1, -0.05) is 6.07 Å². The molecule has 1 N–H and O–H groups in total. The molecule has 1 unspecified atom stereocenters. The highest BCUT2D eigenvalue weighted by Gasteiger charge is 2.16. The Bertz CT molecular complexity index is 466. The first-order valence-corrected chi connectivity index (χ1v) is 6.93. The Balaban J connectivity index is 1.98. The highest BCUT2D eigenvalue weighted by atomic mass is 32.1. The molecular formula is C13H19N3OS. The summed E-state index contributed by atoms with van der Waals surface area (Å²) in [6, 6.07) is 5.30. The number of likely N-dealkylation sites (N-methyl/N-ethyl adjacent to an activating group) is 1. The Morgan fingerprint density at radius 2 is 2.39 bits per heavy atom. The molecule has 0 aliphatic rings. The monoisotopic (exact) mass is 265 g/mol. The molecule has 0 spiro atoms. The number of nitrogens with zero attached hydrogens (tertiary/aromatic N) is 2. The van der Waals surface area contributed by atoms with Gasteiger partial charge in [0, 0.05) is 30.9 Å². The maximum atomic E-state index is 5.50. The number of hydrogen-bond acceptors (Lipinski definition) is 5. The van der Waals surface area contributed by atoms with Crippen LogP contribution in [0.2, 0.25) is 0 Å². The third-order valence-corrected chi connectivity index (χ3v) is 3.84. The van der Waals surface area contributed by atoms with E-state index in [0.29, 0.717) is 12.1 Å². The molecule has 5 heteroatoms. The van der Waals surface area contributed by atoms with E-state index in [1.54, 1.807) is 17.6 Å². The van der Waals surface area contributed by atoms with Crippen molar-refractivity contribution in [2.75, 3.05) is 19.0 Å². The van der Waals surface area contributed by atoms with E-state index in [-0.39, 0.29) is 0 Å². The van der Waals surface area contributed by atoms with Crippen molar-refractivity contribution in [2.24, 2.45) is 0 Å². The van der Waals surface area contributed by atoms with Gasteiger partial charge in [0.05, 0.1) is 5.69 Å². The van der Waals surface area contributed by atoms with Crippen molar-refractivity contribution in [2.45, 2.75) is 25.9 Å². The molecule has 2 aromatic rings.